The second-order valence-corrected chi connectivity index (χ2v) is 5.69. The van der Waals surface area contributed by atoms with Crippen molar-refractivity contribution in [3.05, 3.63) is 0 Å². The number of rotatable bonds is 5. The van der Waals surface area contributed by atoms with Gasteiger partial charge >= 0.3 is 0 Å². The Morgan fingerprint density at radius 2 is 1.87 bits per heavy atom. The molecule has 0 aliphatic heterocycles. The first-order chi connectivity index (χ1) is 7.08. The van der Waals surface area contributed by atoms with Crippen LogP contribution in [0.3, 0.4) is 0 Å². The van der Waals surface area contributed by atoms with Gasteiger partial charge in [-0.1, -0.05) is 33.1 Å². The minimum absolute atomic E-state index is 0.0509. The molecule has 0 amide bonds. The van der Waals surface area contributed by atoms with E-state index in [0.29, 0.717) is 11.8 Å². The van der Waals surface area contributed by atoms with E-state index >= 15 is 0 Å². The van der Waals surface area contributed by atoms with Crippen LogP contribution < -0.4 is 5.32 Å². The van der Waals surface area contributed by atoms with Gasteiger partial charge < -0.3 is 10.4 Å². The summed E-state index contributed by atoms with van der Waals surface area (Å²) in [5.41, 5.74) is -0.0509. The summed E-state index contributed by atoms with van der Waals surface area (Å²) in [7, 11) is 0. The van der Waals surface area contributed by atoms with E-state index in [-0.39, 0.29) is 12.1 Å². The molecule has 1 unspecified atom stereocenters. The Balaban J connectivity index is 2.49. The predicted molar refractivity (Wildman–Crippen MR) is 64.9 cm³/mol. The lowest BCUT2D eigenvalue weighted by molar-refractivity contribution is 0.0925. The lowest BCUT2D eigenvalue weighted by atomic mass is 9.76. The third-order valence-corrected chi connectivity index (χ3v) is 3.75. The van der Waals surface area contributed by atoms with Gasteiger partial charge in [0.15, 0.2) is 0 Å². The second-order valence-electron chi connectivity index (χ2n) is 5.69. The molecule has 1 fully saturated rings. The maximum Gasteiger partial charge on any atom is 0.0613 e. The maximum atomic E-state index is 9.59. The average molecular weight is 213 g/mol. The quantitative estimate of drug-likeness (QED) is 0.735. The fourth-order valence-electron chi connectivity index (χ4n) is 2.51. The first kappa shape index (κ1) is 13.0. The van der Waals surface area contributed by atoms with Crippen molar-refractivity contribution in [2.75, 3.05) is 13.2 Å². The topological polar surface area (TPSA) is 32.3 Å². The van der Waals surface area contributed by atoms with E-state index in [2.05, 4.69) is 26.1 Å². The Morgan fingerprint density at radius 1 is 1.27 bits per heavy atom. The molecule has 2 heteroatoms. The van der Waals surface area contributed by atoms with Crippen LogP contribution in [0.4, 0.5) is 0 Å². The summed E-state index contributed by atoms with van der Waals surface area (Å²) in [5, 5.41) is 13.2. The summed E-state index contributed by atoms with van der Waals surface area (Å²) in [6.45, 7) is 7.89. The van der Waals surface area contributed by atoms with Crippen LogP contribution in [0.5, 0.6) is 0 Å². The van der Waals surface area contributed by atoms with Crippen molar-refractivity contribution in [3.8, 4) is 0 Å². The molecule has 0 spiro atoms. The average Bonchev–Trinajstić information content (AvgIpc) is 2.27. The highest BCUT2D eigenvalue weighted by Gasteiger charge is 2.33. The van der Waals surface area contributed by atoms with Crippen LogP contribution in [-0.4, -0.2) is 23.8 Å². The summed E-state index contributed by atoms with van der Waals surface area (Å²) in [4.78, 5) is 0. The summed E-state index contributed by atoms with van der Waals surface area (Å²) in [6, 6.07) is 0. The number of hydrogen-bond donors (Lipinski definition) is 2. The van der Waals surface area contributed by atoms with E-state index in [1.807, 2.05) is 0 Å². The number of hydrogen-bond acceptors (Lipinski definition) is 2. The highest BCUT2D eigenvalue weighted by Crippen LogP contribution is 2.32. The van der Waals surface area contributed by atoms with Crippen molar-refractivity contribution in [2.24, 2.45) is 11.8 Å². The first-order valence-corrected chi connectivity index (χ1v) is 6.44. The van der Waals surface area contributed by atoms with Crippen LogP contribution in [0.2, 0.25) is 0 Å². The lowest BCUT2D eigenvalue weighted by Gasteiger charge is -2.40. The maximum absolute atomic E-state index is 9.59. The van der Waals surface area contributed by atoms with E-state index in [1.54, 1.807) is 0 Å². The molecule has 2 N–H and O–H groups in total. The van der Waals surface area contributed by atoms with Crippen molar-refractivity contribution in [2.45, 2.75) is 58.4 Å². The van der Waals surface area contributed by atoms with Crippen LogP contribution >= 0.6 is 0 Å². The van der Waals surface area contributed by atoms with E-state index < -0.39 is 0 Å². The Bertz CT molecular complexity index is 175. The molecule has 1 saturated carbocycles. The minimum Gasteiger partial charge on any atom is -0.394 e. The van der Waals surface area contributed by atoms with E-state index in [4.69, 9.17) is 0 Å². The zero-order chi connectivity index (χ0) is 11.3. The third kappa shape index (κ3) is 3.76. The van der Waals surface area contributed by atoms with Gasteiger partial charge in [-0.05, 0) is 38.1 Å². The molecule has 1 rings (SSSR count). The largest absolute Gasteiger partial charge is 0.394 e. The van der Waals surface area contributed by atoms with Gasteiger partial charge in [-0.2, -0.15) is 0 Å². The molecule has 2 nitrogen and oxygen atoms in total. The van der Waals surface area contributed by atoms with Crippen molar-refractivity contribution < 1.29 is 5.11 Å². The lowest BCUT2D eigenvalue weighted by Crippen LogP contribution is -2.53. The summed E-state index contributed by atoms with van der Waals surface area (Å²) in [6.07, 6.45) is 6.61. The van der Waals surface area contributed by atoms with Crippen LogP contribution in [0, 0.1) is 11.8 Å². The summed E-state index contributed by atoms with van der Waals surface area (Å²) >= 11 is 0. The fourth-order valence-corrected chi connectivity index (χ4v) is 2.51. The Hall–Kier alpha value is -0.0800. The molecule has 1 aliphatic rings. The Kier molecular flexibility index (Phi) is 5.07. The third-order valence-electron chi connectivity index (χ3n) is 3.75. The molecule has 0 aromatic rings. The number of aliphatic hydroxyl groups excluding tert-OH is 1. The molecule has 15 heavy (non-hydrogen) atoms. The molecule has 90 valence electrons. The molecule has 1 atom stereocenters. The molecular weight excluding hydrogens is 186 g/mol. The van der Waals surface area contributed by atoms with Crippen molar-refractivity contribution in [1.82, 2.24) is 5.32 Å². The zero-order valence-corrected chi connectivity index (χ0v) is 10.6. The number of aliphatic hydroxyl groups is 1. The van der Waals surface area contributed by atoms with Gasteiger partial charge in [0.1, 0.15) is 0 Å². The monoisotopic (exact) mass is 213 g/mol. The fraction of sp³-hybridized carbons (Fsp3) is 1.00. The van der Waals surface area contributed by atoms with Gasteiger partial charge in [-0.15, -0.1) is 0 Å². The summed E-state index contributed by atoms with van der Waals surface area (Å²) < 4.78 is 0. The van der Waals surface area contributed by atoms with Crippen LogP contribution in [0.15, 0.2) is 0 Å². The second kappa shape index (κ2) is 5.86. The van der Waals surface area contributed by atoms with E-state index in [0.717, 1.165) is 6.54 Å². The molecule has 0 radical (unpaired) electrons. The van der Waals surface area contributed by atoms with Gasteiger partial charge in [0, 0.05) is 5.54 Å². The Labute approximate surface area is 94.5 Å². The minimum atomic E-state index is -0.0509. The van der Waals surface area contributed by atoms with Gasteiger partial charge in [0.05, 0.1) is 6.61 Å². The van der Waals surface area contributed by atoms with Gasteiger partial charge in [0.2, 0.25) is 0 Å². The van der Waals surface area contributed by atoms with Crippen molar-refractivity contribution in [1.29, 1.82) is 0 Å². The molecule has 0 bridgehead atoms. The summed E-state index contributed by atoms with van der Waals surface area (Å²) in [5.74, 6) is 1.31. The number of nitrogens with one attached hydrogen (secondary N) is 1. The molecule has 0 heterocycles. The van der Waals surface area contributed by atoms with Gasteiger partial charge in [-0.25, -0.2) is 0 Å². The molecule has 0 aromatic carbocycles. The SMILES string of the molecule is CC(C)CNC(C)(CO)C1CCCCC1. The van der Waals surface area contributed by atoms with E-state index in [9.17, 15) is 5.11 Å². The van der Waals surface area contributed by atoms with E-state index in [1.165, 1.54) is 32.1 Å². The van der Waals surface area contributed by atoms with Crippen LogP contribution in [-0.2, 0) is 0 Å². The Morgan fingerprint density at radius 3 is 2.33 bits per heavy atom. The smallest absolute Gasteiger partial charge is 0.0613 e. The highest BCUT2D eigenvalue weighted by atomic mass is 16.3. The zero-order valence-electron chi connectivity index (χ0n) is 10.6. The molecule has 0 saturated heterocycles. The molecular formula is C13H27NO. The highest BCUT2D eigenvalue weighted by molar-refractivity contribution is 4.91. The van der Waals surface area contributed by atoms with Gasteiger partial charge in [-0.3, -0.25) is 0 Å². The van der Waals surface area contributed by atoms with Crippen molar-refractivity contribution in [3.63, 3.8) is 0 Å². The first-order valence-electron chi connectivity index (χ1n) is 6.44. The van der Waals surface area contributed by atoms with Gasteiger partial charge in [0.25, 0.3) is 0 Å². The normalized spacial score (nSPS) is 23.0. The molecule has 0 aromatic heterocycles. The molecule has 1 aliphatic carbocycles. The standard InChI is InChI=1S/C13H27NO/c1-11(2)9-14-13(3,10-15)12-7-5-4-6-8-12/h11-12,14-15H,4-10H2,1-3H3. The van der Waals surface area contributed by atoms with Crippen LogP contribution in [0.25, 0.3) is 0 Å². The van der Waals surface area contributed by atoms with Crippen LogP contribution in [0.1, 0.15) is 52.9 Å². The predicted octanol–water partition coefficient (Wildman–Crippen LogP) is 2.56. The van der Waals surface area contributed by atoms with Crippen molar-refractivity contribution >= 4 is 0 Å².